The minimum atomic E-state index is -3.44. The minimum absolute atomic E-state index is 0.0780. The lowest BCUT2D eigenvalue weighted by atomic mass is 9.99. The molecule has 0 N–H and O–H groups in total. The number of hydrogen-bond acceptors (Lipinski definition) is 4. The molecule has 0 amide bonds. The van der Waals surface area contributed by atoms with Crippen molar-refractivity contribution in [2.45, 2.75) is 26.6 Å². The molecule has 144 valence electrons. The summed E-state index contributed by atoms with van der Waals surface area (Å²) in [4.78, 5) is 2.37. The van der Waals surface area contributed by atoms with Gasteiger partial charge in [-0.2, -0.15) is 8.42 Å². The van der Waals surface area contributed by atoms with Crippen molar-refractivity contribution in [3.8, 4) is 11.1 Å². The smallest absolute Gasteiger partial charge is 0.264 e. The molecule has 0 spiro atoms. The van der Waals surface area contributed by atoms with Crippen LogP contribution in [0.3, 0.4) is 0 Å². The summed E-state index contributed by atoms with van der Waals surface area (Å²) < 4.78 is 27.4. The van der Waals surface area contributed by atoms with Gasteiger partial charge < -0.3 is 4.90 Å². The zero-order chi connectivity index (χ0) is 19.7. The molecule has 1 aliphatic rings. The van der Waals surface area contributed by atoms with Gasteiger partial charge in [0.1, 0.15) is 0 Å². The number of anilines is 1. The number of rotatable bonds is 5. The van der Waals surface area contributed by atoms with Gasteiger partial charge in [-0.1, -0.05) is 60.7 Å². The summed E-state index contributed by atoms with van der Waals surface area (Å²) in [5.74, 6) is 0. The Morgan fingerprint density at radius 3 is 2.43 bits per heavy atom. The molecule has 28 heavy (non-hydrogen) atoms. The van der Waals surface area contributed by atoms with Gasteiger partial charge in [0.05, 0.1) is 12.9 Å². The number of fused-ring (bicyclic) bond motifs is 1. The van der Waals surface area contributed by atoms with Crippen molar-refractivity contribution in [3.05, 3.63) is 89.0 Å². The monoisotopic (exact) mass is 393 g/mol. The second-order valence-corrected chi connectivity index (χ2v) is 8.89. The molecule has 3 aromatic carbocycles. The zero-order valence-corrected chi connectivity index (χ0v) is 16.9. The maximum atomic E-state index is 11.2. The first kappa shape index (κ1) is 18.7. The molecule has 5 heteroatoms. The van der Waals surface area contributed by atoms with Crippen molar-refractivity contribution in [1.29, 1.82) is 0 Å². The van der Waals surface area contributed by atoms with E-state index in [0.29, 0.717) is 0 Å². The van der Waals surface area contributed by atoms with Gasteiger partial charge >= 0.3 is 0 Å². The van der Waals surface area contributed by atoms with Gasteiger partial charge in [-0.3, -0.25) is 4.18 Å². The van der Waals surface area contributed by atoms with E-state index in [1.165, 1.54) is 33.5 Å². The fraction of sp³-hybridized carbons (Fsp3) is 0.217. The van der Waals surface area contributed by atoms with Crippen LogP contribution >= 0.6 is 0 Å². The van der Waals surface area contributed by atoms with Gasteiger partial charge in [-0.25, -0.2) is 0 Å². The van der Waals surface area contributed by atoms with Gasteiger partial charge in [0.25, 0.3) is 10.1 Å². The predicted octanol–water partition coefficient (Wildman–Crippen LogP) is 4.66. The normalized spacial score (nSPS) is 13.6. The summed E-state index contributed by atoms with van der Waals surface area (Å²) in [5, 5.41) is 0. The maximum absolute atomic E-state index is 11.2. The lowest BCUT2D eigenvalue weighted by Gasteiger charge is -2.22. The van der Waals surface area contributed by atoms with Crippen LogP contribution in [0.25, 0.3) is 11.1 Å². The van der Waals surface area contributed by atoms with Gasteiger partial charge in [0.2, 0.25) is 0 Å². The quantitative estimate of drug-likeness (QED) is 0.592. The van der Waals surface area contributed by atoms with Crippen LogP contribution in [-0.2, 0) is 34.0 Å². The number of hydrogen-bond donors (Lipinski definition) is 0. The van der Waals surface area contributed by atoms with Crippen LogP contribution in [0.5, 0.6) is 0 Å². The van der Waals surface area contributed by atoms with E-state index in [4.69, 9.17) is 4.18 Å². The van der Waals surface area contributed by atoms with E-state index < -0.39 is 10.1 Å². The van der Waals surface area contributed by atoms with Crippen LogP contribution in [0.15, 0.2) is 66.7 Å². The van der Waals surface area contributed by atoms with Gasteiger partial charge in [-0.15, -0.1) is 0 Å². The van der Waals surface area contributed by atoms with E-state index >= 15 is 0 Å². The molecule has 3 aromatic rings. The van der Waals surface area contributed by atoms with E-state index in [1.54, 1.807) is 0 Å². The van der Waals surface area contributed by atoms with Crippen LogP contribution < -0.4 is 4.90 Å². The molecule has 0 bridgehead atoms. The van der Waals surface area contributed by atoms with Crippen LogP contribution in [-0.4, -0.2) is 14.7 Å². The Hall–Kier alpha value is -2.63. The van der Waals surface area contributed by atoms with Crippen LogP contribution in [0.1, 0.15) is 22.3 Å². The Kier molecular flexibility index (Phi) is 4.96. The van der Waals surface area contributed by atoms with Crippen molar-refractivity contribution in [1.82, 2.24) is 0 Å². The minimum Gasteiger partial charge on any atom is -0.363 e. The lowest BCUT2D eigenvalue weighted by molar-refractivity contribution is 0.311. The van der Waals surface area contributed by atoms with Crippen molar-refractivity contribution in [3.63, 3.8) is 0 Å². The highest BCUT2D eigenvalue weighted by molar-refractivity contribution is 7.85. The van der Waals surface area contributed by atoms with E-state index in [9.17, 15) is 8.42 Å². The topological polar surface area (TPSA) is 46.6 Å². The number of nitrogens with zero attached hydrogens (tertiary/aromatic N) is 1. The van der Waals surface area contributed by atoms with Crippen molar-refractivity contribution < 1.29 is 12.6 Å². The van der Waals surface area contributed by atoms with Crippen LogP contribution in [0, 0.1) is 6.92 Å². The molecule has 0 unspecified atom stereocenters. The predicted molar refractivity (Wildman–Crippen MR) is 113 cm³/mol. The molecule has 4 nitrogen and oxygen atoms in total. The Bertz CT molecular complexity index is 1110. The third-order valence-electron chi connectivity index (χ3n) is 5.16. The molecule has 0 saturated heterocycles. The highest BCUT2D eigenvalue weighted by Gasteiger charge is 2.22. The summed E-state index contributed by atoms with van der Waals surface area (Å²) in [6, 6.07) is 23.0. The molecule has 0 aromatic heterocycles. The fourth-order valence-corrected chi connectivity index (χ4v) is 4.13. The SMILES string of the molecule is Cc1c(-c2ccccc2)cccc1N1Cc2ccc(COS(C)(=O)=O)cc2C1. The average molecular weight is 394 g/mol. The largest absolute Gasteiger partial charge is 0.363 e. The summed E-state index contributed by atoms with van der Waals surface area (Å²) >= 11 is 0. The van der Waals surface area contributed by atoms with Crippen LogP contribution in [0.2, 0.25) is 0 Å². The van der Waals surface area contributed by atoms with Crippen molar-refractivity contribution in [2.24, 2.45) is 0 Å². The van der Waals surface area contributed by atoms with E-state index in [1.807, 2.05) is 12.1 Å². The second kappa shape index (κ2) is 7.41. The maximum Gasteiger partial charge on any atom is 0.264 e. The van der Waals surface area contributed by atoms with Gasteiger partial charge in [0, 0.05) is 18.8 Å². The summed E-state index contributed by atoms with van der Waals surface area (Å²) in [5.41, 5.74) is 8.33. The van der Waals surface area contributed by atoms with Crippen molar-refractivity contribution >= 4 is 15.8 Å². The standard InChI is InChI=1S/C23H23NO3S/c1-17-22(19-7-4-3-5-8-19)9-6-10-23(17)24-14-20-12-11-18(13-21(20)15-24)16-27-28(2,25)26/h3-13H,14-16H2,1-2H3. The van der Waals surface area contributed by atoms with Crippen LogP contribution in [0.4, 0.5) is 5.69 Å². The Morgan fingerprint density at radius 1 is 0.929 bits per heavy atom. The molecule has 0 saturated carbocycles. The van der Waals surface area contributed by atoms with Crippen molar-refractivity contribution in [2.75, 3.05) is 11.2 Å². The molecule has 0 radical (unpaired) electrons. The third-order valence-corrected chi connectivity index (χ3v) is 5.71. The fourth-order valence-electron chi connectivity index (χ4n) is 3.78. The molecule has 4 rings (SSSR count). The molecular formula is C23H23NO3S. The Labute approximate surface area is 166 Å². The molecule has 0 fully saturated rings. The summed E-state index contributed by atoms with van der Waals surface area (Å²) in [6.45, 7) is 3.91. The third kappa shape index (κ3) is 3.96. The Balaban J connectivity index is 1.58. The molecular weight excluding hydrogens is 370 g/mol. The van der Waals surface area contributed by atoms with E-state index in [2.05, 4.69) is 66.4 Å². The second-order valence-electron chi connectivity index (χ2n) is 7.24. The first-order valence-electron chi connectivity index (χ1n) is 9.26. The number of benzene rings is 3. The average Bonchev–Trinajstić information content (AvgIpc) is 3.10. The Morgan fingerprint density at radius 2 is 1.68 bits per heavy atom. The van der Waals surface area contributed by atoms with E-state index in [-0.39, 0.29) is 6.61 Å². The lowest BCUT2D eigenvalue weighted by Crippen LogP contribution is -2.15. The zero-order valence-electron chi connectivity index (χ0n) is 16.1. The summed E-state index contributed by atoms with van der Waals surface area (Å²) in [6.07, 6.45) is 1.07. The highest BCUT2D eigenvalue weighted by Crippen LogP contribution is 2.35. The summed E-state index contributed by atoms with van der Waals surface area (Å²) in [7, 11) is -3.44. The molecule has 0 aliphatic carbocycles. The highest BCUT2D eigenvalue weighted by atomic mass is 32.2. The first-order chi connectivity index (χ1) is 13.4. The molecule has 1 heterocycles. The van der Waals surface area contributed by atoms with Gasteiger partial charge in [0.15, 0.2) is 0 Å². The van der Waals surface area contributed by atoms with E-state index in [0.717, 1.165) is 24.9 Å². The first-order valence-corrected chi connectivity index (χ1v) is 11.1. The molecule has 0 atom stereocenters. The van der Waals surface area contributed by atoms with Gasteiger partial charge in [-0.05, 0) is 46.4 Å². The molecule has 1 aliphatic heterocycles.